The van der Waals surface area contributed by atoms with Crippen LogP contribution in [0.3, 0.4) is 0 Å². The van der Waals surface area contributed by atoms with Crippen LogP contribution in [-0.2, 0) is 20.8 Å². The van der Waals surface area contributed by atoms with Crippen LogP contribution in [0.2, 0.25) is 0 Å². The third-order valence-corrected chi connectivity index (χ3v) is 5.15. The molecule has 0 aliphatic rings. The van der Waals surface area contributed by atoms with Crippen molar-refractivity contribution < 1.29 is 19.1 Å². The second-order valence-electron chi connectivity index (χ2n) is 7.43. The summed E-state index contributed by atoms with van der Waals surface area (Å²) < 4.78 is 13.5. The van der Waals surface area contributed by atoms with Gasteiger partial charge in [0, 0.05) is 24.1 Å². The highest BCUT2D eigenvalue weighted by atomic mass is 16.5. The molecule has 1 unspecified atom stereocenters. The molecule has 1 atom stereocenters. The zero-order valence-corrected chi connectivity index (χ0v) is 18.1. The predicted molar refractivity (Wildman–Crippen MR) is 114 cm³/mol. The molecule has 31 heavy (non-hydrogen) atoms. The Bertz CT molecular complexity index is 1160. The van der Waals surface area contributed by atoms with Gasteiger partial charge < -0.3 is 14.0 Å². The zero-order valence-electron chi connectivity index (χ0n) is 18.1. The number of fused-ring (bicyclic) bond motifs is 1. The predicted octanol–water partition coefficient (Wildman–Crippen LogP) is 2.23. The van der Waals surface area contributed by atoms with Crippen LogP contribution >= 0.6 is 0 Å². The maximum atomic E-state index is 12.6. The van der Waals surface area contributed by atoms with E-state index in [4.69, 9.17) is 9.47 Å². The highest BCUT2D eigenvalue weighted by Gasteiger charge is 2.20. The van der Waals surface area contributed by atoms with Gasteiger partial charge in [-0.2, -0.15) is 0 Å². The molecule has 0 aliphatic heterocycles. The molecule has 0 bridgehead atoms. The van der Waals surface area contributed by atoms with Crippen LogP contribution in [0.15, 0.2) is 35.1 Å². The molecule has 2 heterocycles. The fraction of sp³-hybridized carbons (Fsp3) is 0.409. The lowest BCUT2D eigenvalue weighted by Crippen LogP contribution is -2.26. The summed E-state index contributed by atoms with van der Waals surface area (Å²) in [7, 11) is 1.63. The highest BCUT2D eigenvalue weighted by molar-refractivity contribution is 5.99. The molecule has 9 nitrogen and oxygen atoms in total. The largest absolute Gasteiger partial charge is 0.457 e. The molecule has 0 aliphatic carbocycles. The Hall–Kier alpha value is -3.33. The molecular formula is C22H26N4O5. The van der Waals surface area contributed by atoms with Gasteiger partial charge in [0.15, 0.2) is 6.61 Å². The lowest BCUT2D eigenvalue weighted by Gasteiger charge is -2.17. The lowest BCUT2D eigenvalue weighted by atomic mass is 10.1. The Balaban J connectivity index is 1.59. The first-order chi connectivity index (χ1) is 14.8. The molecule has 0 N–H and O–H groups in total. The van der Waals surface area contributed by atoms with E-state index in [1.807, 2.05) is 25.3 Å². The Kier molecular flexibility index (Phi) is 6.96. The van der Waals surface area contributed by atoms with Crippen molar-refractivity contribution in [1.82, 2.24) is 19.6 Å². The van der Waals surface area contributed by atoms with Gasteiger partial charge in [-0.15, -0.1) is 5.10 Å². The Morgan fingerprint density at radius 1 is 1.19 bits per heavy atom. The minimum absolute atomic E-state index is 0.0206. The second-order valence-corrected chi connectivity index (χ2v) is 7.43. The number of Topliss-reactive ketones (excluding diaryl/α,β-unsaturated/α-hetero) is 1. The number of ether oxygens (including phenoxy) is 2. The van der Waals surface area contributed by atoms with Gasteiger partial charge in [-0.3, -0.25) is 14.4 Å². The Labute approximate surface area is 179 Å². The minimum atomic E-state index is -0.586. The van der Waals surface area contributed by atoms with Gasteiger partial charge in [0.25, 0.3) is 5.56 Å². The van der Waals surface area contributed by atoms with Crippen molar-refractivity contribution in [2.75, 3.05) is 20.3 Å². The van der Waals surface area contributed by atoms with Gasteiger partial charge in [-0.1, -0.05) is 17.3 Å². The molecule has 0 spiro atoms. The monoisotopic (exact) mass is 426 g/mol. The first-order valence-corrected chi connectivity index (χ1v) is 10.0. The van der Waals surface area contributed by atoms with Crippen molar-refractivity contribution in [1.29, 1.82) is 0 Å². The number of carbonyl (C=O) groups excluding carboxylic acids is 2. The maximum Gasteiger partial charge on any atom is 0.308 e. The number of methoxy groups -OCH3 is 1. The van der Waals surface area contributed by atoms with E-state index in [0.29, 0.717) is 23.1 Å². The van der Waals surface area contributed by atoms with E-state index in [9.17, 15) is 14.4 Å². The average molecular weight is 426 g/mol. The van der Waals surface area contributed by atoms with E-state index in [1.165, 1.54) is 0 Å². The summed E-state index contributed by atoms with van der Waals surface area (Å²) >= 11 is 0. The quantitative estimate of drug-likeness (QED) is 0.382. The molecule has 0 radical (unpaired) electrons. The SMILES string of the molecule is COCC(C)n1c(C)cc(C(=O)COC(=O)CCn2nnc3ccccc3c2=O)c1C. The number of carbonyl (C=O) groups is 2. The molecule has 164 valence electrons. The van der Waals surface area contributed by atoms with Crippen LogP contribution in [0.4, 0.5) is 0 Å². The van der Waals surface area contributed by atoms with E-state index in [0.717, 1.165) is 16.1 Å². The van der Waals surface area contributed by atoms with Gasteiger partial charge in [0.1, 0.15) is 5.52 Å². The van der Waals surface area contributed by atoms with Gasteiger partial charge >= 0.3 is 5.97 Å². The van der Waals surface area contributed by atoms with Crippen molar-refractivity contribution in [2.24, 2.45) is 0 Å². The summed E-state index contributed by atoms with van der Waals surface area (Å²) in [5, 5.41) is 8.25. The average Bonchev–Trinajstić information content (AvgIpc) is 3.06. The van der Waals surface area contributed by atoms with Crippen LogP contribution in [0.25, 0.3) is 10.9 Å². The zero-order chi connectivity index (χ0) is 22.5. The standard InChI is InChI=1S/C22H26N4O5/c1-14-11-18(16(3)26(14)15(2)12-30-4)20(27)13-31-21(28)9-10-25-22(29)17-7-5-6-8-19(17)23-24-25/h5-8,11,15H,9-10,12-13H2,1-4H3. The molecular weight excluding hydrogens is 400 g/mol. The third kappa shape index (κ3) is 4.88. The first-order valence-electron chi connectivity index (χ1n) is 10.0. The number of hydrogen-bond donors (Lipinski definition) is 0. The van der Waals surface area contributed by atoms with Gasteiger partial charge in [0.05, 0.1) is 31.0 Å². The minimum Gasteiger partial charge on any atom is -0.457 e. The topological polar surface area (TPSA) is 105 Å². The molecule has 3 aromatic rings. The third-order valence-electron chi connectivity index (χ3n) is 5.15. The van der Waals surface area contributed by atoms with Crippen molar-refractivity contribution in [3.05, 3.63) is 57.6 Å². The normalized spacial score (nSPS) is 12.1. The Morgan fingerprint density at radius 2 is 1.94 bits per heavy atom. The van der Waals surface area contributed by atoms with Crippen LogP contribution in [0.5, 0.6) is 0 Å². The van der Waals surface area contributed by atoms with E-state index in [2.05, 4.69) is 10.3 Å². The molecule has 0 amide bonds. The van der Waals surface area contributed by atoms with Crippen LogP contribution in [-0.4, -0.2) is 51.6 Å². The summed E-state index contributed by atoms with van der Waals surface area (Å²) in [6, 6.07) is 8.73. The summed E-state index contributed by atoms with van der Waals surface area (Å²) in [6.07, 6.45) is -0.0932. The van der Waals surface area contributed by atoms with E-state index in [-0.39, 0.29) is 37.0 Å². The number of benzene rings is 1. The summed E-state index contributed by atoms with van der Waals surface area (Å²) in [6.45, 7) is 5.97. The molecule has 2 aromatic heterocycles. The number of hydrogen-bond acceptors (Lipinski definition) is 7. The van der Waals surface area contributed by atoms with Crippen LogP contribution in [0, 0.1) is 13.8 Å². The van der Waals surface area contributed by atoms with Crippen molar-refractivity contribution >= 4 is 22.7 Å². The first kappa shape index (κ1) is 22.4. The number of esters is 1. The fourth-order valence-corrected chi connectivity index (χ4v) is 3.72. The molecule has 1 aromatic carbocycles. The van der Waals surface area contributed by atoms with Crippen LogP contribution in [0.1, 0.15) is 41.1 Å². The van der Waals surface area contributed by atoms with E-state index < -0.39 is 5.97 Å². The number of ketones is 1. The van der Waals surface area contributed by atoms with Crippen molar-refractivity contribution in [2.45, 2.75) is 39.8 Å². The number of nitrogens with zero attached hydrogens (tertiary/aromatic N) is 4. The van der Waals surface area contributed by atoms with Gasteiger partial charge in [-0.25, -0.2) is 4.68 Å². The summed E-state index contributed by atoms with van der Waals surface area (Å²) in [4.78, 5) is 37.1. The Morgan fingerprint density at radius 3 is 2.68 bits per heavy atom. The number of aryl methyl sites for hydroxylation is 2. The molecule has 3 rings (SSSR count). The highest BCUT2D eigenvalue weighted by Crippen LogP contribution is 2.21. The fourth-order valence-electron chi connectivity index (χ4n) is 3.72. The maximum absolute atomic E-state index is 12.6. The smallest absolute Gasteiger partial charge is 0.308 e. The van der Waals surface area contributed by atoms with E-state index >= 15 is 0 Å². The number of aromatic nitrogens is 4. The van der Waals surface area contributed by atoms with Crippen molar-refractivity contribution in [3.8, 4) is 0 Å². The molecule has 0 fully saturated rings. The molecule has 9 heteroatoms. The summed E-state index contributed by atoms with van der Waals surface area (Å²) in [5.41, 5.74) is 2.43. The summed E-state index contributed by atoms with van der Waals surface area (Å²) in [5.74, 6) is -0.864. The lowest BCUT2D eigenvalue weighted by molar-refractivity contribution is -0.142. The van der Waals surface area contributed by atoms with Crippen molar-refractivity contribution in [3.63, 3.8) is 0 Å². The molecule has 0 saturated carbocycles. The van der Waals surface area contributed by atoms with Gasteiger partial charge in [0.2, 0.25) is 5.78 Å². The van der Waals surface area contributed by atoms with Crippen LogP contribution < -0.4 is 5.56 Å². The number of rotatable bonds is 9. The second kappa shape index (κ2) is 9.65. The molecule has 0 saturated heterocycles. The van der Waals surface area contributed by atoms with E-state index in [1.54, 1.807) is 37.4 Å². The van der Waals surface area contributed by atoms with Gasteiger partial charge in [-0.05, 0) is 39.0 Å².